The number of carbonyl (C=O) groups excluding carboxylic acids is 1. The molecule has 28 heavy (non-hydrogen) atoms. The number of rotatable bonds is 4. The van der Waals surface area contributed by atoms with Crippen molar-refractivity contribution >= 4 is 28.2 Å². The number of ether oxygens (including phenoxy) is 2. The highest BCUT2D eigenvalue weighted by Crippen LogP contribution is 2.34. The quantitative estimate of drug-likeness (QED) is 0.770. The molecule has 1 N–H and O–H groups in total. The second-order valence-corrected chi connectivity index (χ2v) is 9.61. The van der Waals surface area contributed by atoms with Crippen LogP contribution in [0, 0.1) is 0 Å². The maximum Gasteiger partial charge on any atom is 0.244 e. The molecule has 9 heteroatoms. The first-order valence-electron chi connectivity index (χ1n) is 9.26. The Morgan fingerprint density at radius 1 is 1.04 bits per heavy atom. The molecule has 0 aliphatic carbocycles. The summed E-state index contributed by atoms with van der Waals surface area (Å²) in [6.07, 6.45) is 3.18. The lowest BCUT2D eigenvalue weighted by Gasteiger charge is -2.38. The second kappa shape index (κ2) is 8.88. The summed E-state index contributed by atoms with van der Waals surface area (Å²) in [6.45, 7) is 2.10. The minimum atomic E-state index is -3.51. The van der Waals surface area contributed by atoms with Crippen LogP contribution in [0.2, 0.25) is 0 Å². The number of nitrogens with one attached hydrogen (secondary N) is 1. The van der Waals surface area contributed by atoms with Crippen molar-refractivity contribution in [2.75, 3.05) is 46.7 Å². The number of hydrogen-bond donors (Lipinski definition) is 1. The van der Waals surface area contributed by atoms with Crippen molar-refractivity contribution in [2.45, 2.75) is 30.4 Å². The first-order chi connectivity index (χ1) is 12.8. The minimum Gasteiger partial charge on any atom is -0.493 e. The molecule has 2 aliphatic rings. The monoisotopic (exact) mass is 432 g/mol. The highest BCUT2D eigenvalue weighted by Gasteiger charge is 2.50. The molecule has 1 aromatic carbocycles. The minimum absolute atomic E-state index is 0. The van der Waals surface area contributed by atoms with E-state index >= 15 is 0 Å². The van der Waals surface area contributed by atoms with Gasteiger partial charge in [0.25, 0.3) is 0 Å². The van der Waals surface area contributed by atoms with Gasteiger partial charge < -0.3 is 19.7 Å². The molecule has 0 saturated carbocycles. The Balaban J connectivity index is 0.00000280. The summed E-state index contributed by atoms with van der Waals surface area (Å²) in [6, 6.07) is 3.91. The van der Waals surface area contributed by atoms with Crippen molar-refractivity contribution in [3.05, 3.63) is 23.3 Å². The fourth-order valence-corrected chi connectivity index (χ4v) is 5.51. The van der Waals surface area contributed by atoms with Crippen LogP contribution in [0.3, 0.4) is 0 Å². The van der Waals surface area contributed by atoms with E-state index in [1.165, 1.54) is 6.26 Å². The molecule has 0 radical (unpaired) electrons. The van der Waals surface area contributed by atoms with E-state index in [1.54, 1.807) is 19.1 Å². The number of benzene rings is 1. The lowest BCUT2D eigenvalue weighted by Crippen LogP contribution is -2.58. The highest BCUT2D eigenvalue weighted by molar-refractivity contribution is 7.92. The summed E-state index contributed by atoms with van der Waals surface area (Å²) < 4.78 is 34.6. The van der Waals surface area contributed by atoms with Gasteiger partial charge in [0.05, 0.1) is 14.2 Å². The number of carbonyl (C=O) groups is 1. The normalized spacial score (nSPS) is 19.0. The number of methoxy groups -OCH3 is 2. The van der Waals surface area contributed by atoms with E-state index in [4.69, 9.17) is 9.47 Å². The number of piperidine rings is 1. The molecule has 1 saturated heterocycles. The summed E-state index contributed by atoms with van der Waals surface area (Å²) in [5.74, 6) is 1.09. The largest absolute Gasteiger partial charge is 0.493 e. The van der Waals surface area contributed by atoms with Crippen LogP contribution >= 0.6 is 12.4 Å². The average molecular weight is 433 g/mol. The van der Waals surface area contributed by atoms with Crippen LogP contribution in [0.15, 0.2) is 12.1 Å². The smallest absolute Gasteiger partial charge is 0.244 e. The number of hydrogen-bond acceptors (Lipinski definition) is 6. The van der Waals surface area contributed by atoms with E-state index < -0.39 is 14.6 Å². The zero-order chi connectivity index (χ0) is 19.7. The zero-order valence-electron chi connectivity index (χ0n) is 16.6. The summed E-state index contributed by atoms with van der Waals surface area (Å²) in [5, 5.41) is 3.16. The van der Waals surface area contributed by atoms with Crippen LogP contribution in [0.1, 0.15) is 24.0 Å². The van der Waals surface area contributed by atoms with Crippen LogP contribution < -0.4 is 14.8 Å². The van der Waals surface area contributed by atoms with Crippen molar-refractivity contribution in [3.63, 3.8) is 0 Å². The molecule has 0 aromatic heterocycles. The molecule has 1 aromatic rings. The molecule has 0 bridgehead atoms. The SMILES string of the molecule is COc1cc2c(cc1OC)CCN(C(=O)C1(S(C)(=O)=O)CCNCC1)CC2.Cl. The third-order valence-electron chi connectivity index (χ3n) is 5.81. The summed E-state index contributed by atoms with van der Waals surface area (Å²) in [5.41, 5.74) is 2.23. The second-order valence-electron chi connectivity index (χ2n) is 7.28. The van der Waals surface area contributed by atoms with Crippen LogP contribution in [0.25, 0.3) is 0 Å². The molecule has 0 atom stereocenters. The Hall–Kier alpha value is -1.51. The third kappa shape index (κ3) is 4.09. The van der Waals surface area contributed by atoms with Crippen molar-refractivity contribution in [3.8, 4) is 11.5 Å². The Kier molecular flexibility index (Phi) is 7.22. The maximum atomic E-state index is 13.3. The topological polar surface area (TPSA) is 84.9 Å². The predicted molar refractivity (Wildman–Crippen MR) is 110 cm³/mol. The van der Waals surface area contributed by atoms with Gasteiger partial charge in [-0.05, 0) is 62.0 Å². The molecule has 0 unspecified atom stereocenters. The molecule has 1 amide bonds. The predicted octanol–water partition coefficient (Wildman–Crippen LogP) is 1.22. The Morgan fingerprint density at radius 3 is 1.89 bits per heavy atom. The van der Waals surface area contributed by atoms with Gasteiger partial charge >= 0.3 is 0 Å². The third-order valence-corrected chi connectivity index (χ3v) is 7.81. The Labute approximate surface area is 173 Å². The summed E-state index contributed by atoms with van der Waals surface area (Å²) in [4.78, 5) is 15.1. The number of amides is 1. The van der Waals surface area contributed by atoms with E-state index in [2.05, 4.69) is 5.32 Å². The van der Waals surface area contributed by atoms with Gasteiger partial charge in [-0.15, -0.1) is 12.4 Å². The van der Waals surface area contributed by atoms with Gasteiger partial charge in [-0.25, -0.2) is 8.42 Å². The molecule has 0 spiro atoms. The van der Waals surface area contributed by atoms with Gasteiger partial charge in [-0.3, -0.25) is 4.79 Å². The van der Waals surface area contributed by atoms with E-state index in [9.17, 15) is 13.2 Å². The van der Waals surface area contributed by atoms with Gasteiger partial charge in [0.2, 0.25) is 5.91 Å². The van der Waals surface area contributed by atoms with Gasteiger partial charge in [0.15, 0.2) is 26.1 Å². The first kappa shape index (κ1) is 22.8. The Morgan fingerprint density at radius 2 is 1.50 bits per heavy atom. The van der Waals surface area contributed by atoms with E-state index in [-0.39, 0.29) is 18.3 Å². The van der Waals surface area contributed by atoms with Crippen LogP contribution in [-0.4, -0.2) is 70.6 Å². The van der Waals surface area contributed by atoms with Crippen molar-refractivity contribution < 1.29 is 22.7 Å². The van der Waals surface area contributed by atoms with E-state index in [1.807, 2.05) is 12.1 Å². The van der Waals surface area contributed by atoms with E-state index in [0.717, 1.165) is 11.1 Å². The molecular formula is C19H29ClN2O5S. The van der Waals surface area contributed by atoms with Crippen molar-refractivity contribution in [2.24, 2.45) is 0 Å². The lowest BCUT2D eigenvalue weighted by molar-refractivity contribution is -0.134. The number of fused-ring (bicyclic) bond motifs is 1. The van der Waals surface area contributed by atoms with Crippen LogP contribution in [0.4, 0.5) is 0 Å². The molecule has 2 aliphatic heterocycles. The first-order valence-corrected chi connectivity index (χ1v) is 11.1. The highest BCUT2D eigenvalue weighted by atomic mass is 35.5. The van der Waals surface area contributed by atoms with Gasteiger partial charge in [0, 0.05) is 19.3 Å². The lowest BCUT2D eigenvalue weighted by atomic mass is 9.95. The summed E-state index contributed by atoms with van der Waals surface area (Å²) in [7, 11) is -0.306. The fourth-order valence-electron chi connectivity index (χ4n) is 4.12. The van der Waals surface area contributed by atoms with Crippen molar-refractivity contribution in [1.82, 2.24) is 10.2 Å². The van der Waals surface area contributed by atoms with Gasteiger partial charge in [-0.2, -0.15) is 0 Å². The van der Waals surface area contributed by atoms with Crippen LogP contribution in [0.5, 0.6) is 11.5 Å². The Bertz CT molecular complexity index is 787. The molecule has 7 nitrogen and oxygen atoms in total. The van der Waals surface area contributed by atoms with Gasteiger partial charge in [-0.1, -0.05) is 0 Å². The average Bonchev–Trinajstić information content (AvgIpc) is 2.87. The number of nitrogens with zero attached hydrogens (tertiary/aromatic N) is 1. The van der Waals surface area contributed by atoms with E-state index in [0.29, 0.717) is 63.4 Å². The number of halogens is 1. The maximum absolute atomic E-state index is 13.3. The molecule has 158 valence electrons. The summed E-state index contributed by atoms with van der Waals surface area (Å²) >= 11 is 0. The number of sulfone groups is 1. The fraction of sp³-hybridized carbons (Fsp3) is 0.632. The molecule has 3 rings (SSSR count). The van der Waals surface area contributed by atoms with Gasteiger partial charge in [0.1, 0.15) is 0 Å². The van der Waals surface area contributed by atoms with Crippen LogP contribution in [-0.2, 0) is 27.5 Å². The zero-order valence-corrected chi connectivity index (χ0v) is 18.2. The standard InChI is InChI=1S/C19H28N2O5S.ClH/c1-25-16-12-14-4-10-21(11-5-15(14)13-17(16)26-2)18(22)19(27(3,23)24)6-8-20-9-7-19;/h12-13,20H,4-11H2,1-3H3;1H. The molecule has 1 fully saturated rings. The molecular weight excluding hydrogens is 404 g/mol. The van der Waals surface area contributed by atoms with Crippen molar-refractivity contribution in [1.29, 1.82) is 0 Å². The molecule has 2 heterocycles.